The largest absolute Gasteiger partial charge is 0.468 e. The predicted octanol–water partition coefficient (Wildman–Crippen LogP) is -0.419. The number of ether oxygens (including phenoxy) is 1. The molecule has 66 valence electrons. The normalized spacial score (nSPS) is 12.5. The van der Waals surface area contributed by atoms with Crippen LogP contribution in [-0.2, 0) is 16.0 Å². The Morgan fingerprint density at radius 2 is 2.67 bits per heavy atom. The summed E-state index contributed by atoms with van der Waals surface area (Å²) in [5.74, 6) is -0.428. The summed E-state index contributed by atoms with van der Waals surface area (Å²) in [4.78, 5) is 10.8. The Kier molecular flexibility index (Phi) is 3.12. The number of hydrogen-bond acceptors (Lipinski definition) is 6. The SMILES string of the molecule is COC(=O)C(N)Cc1csnn1. The van der Waals surface area contributed by atoms with E-state index >= 15 is 0 Å². The number of aromatic nitrogens is 2. The molecule has 0 saturated heterocycles. The van der Waals surface area contributed by atoms with Crippen molar-refractivity contribution in [1.29, 1.82) is 0 Å². The molecule has 0 fully saturated rings. The molecule has 0 spiro atoms. The van der Waals surface area contributed by atoms with Crippen molar-refractivity contribution in [3.8, 4) is 0 Å². The van der Waals surface area contributed by atoms with E-state index in [4.69, 9.17) is 5.73 Å². The molecule has 0 aliphatic rings. The molecule has 0 aromatic carbocycles. The molecule has 0 aliphatic carbocycles. The van der Waals surface area contributed by atoms with Crippen molar-refractivity contribution in [2.75, 3.05) is 7.11 Å². The quantitative estimate of drug-likeness (QED) is 0.650. The molecule has 1 rings (SSSR count). The Hall–Kier alpha value is -1.01. The van der Waals surface area contributed by atoms with Crippen molar-refractivity contribution < 1.29 is 9.53 Å². The summed E-state index contributed by atoms with van der Waals surface area (Å²) in [6.45, 7) is 0. The van der Waals surface area contributed by atoms with E-state index in [1.807, 2.05) is 0 Å². The Balaban J connectivity index is 2.47. The molecule has 12 heavy (non-hydrogen) atoms. The first kappa shape index (κ1) is 9.08. The predicted molar refractivity (Wildman–Crippen MR) is 43.6 cm³/mol. The van der Waals surface area contributed by atoms with E-state index in [9.17, 15) is 4.79 Å². The zero-order valence-corrected chi connectivity index (χ0v) is 7.37. The number of methoxy groups -OCH3 is 1. The zero-order valence-electron chi connectivity index (χ0n) is 6.56. The maximum absolute atomic E-state index is 10.8. The number of esters is 1. The summed E-state index contributed by atoms with van der Waals surface area (Å²) in [7, 11) is 1.31. The van der Waals surface area contributed by atoms with Gasteiger partial charge in [0.25, 0.3) is 0 Å². The average molecular weight is 187 g/mol. The van der Waals surface area contributed by atoms with Crippen LogP contribution in [0.4, 0.5) is 0 Å². The van der Waals surface area contributed by atoms with Crippen LogP contribution >= 0.6 is 11.5 Å². The second-order valence-corrected chi connectivity index (χ2v) is 2.84. The van der Waals surface area contributed by atoms with Crippen LogP contribution in [0.3, 0.4) is 0 Å². The van der Waals surface area contributed by atoms with Gasteiger partial charge in [0.15, 0.2) is 0 Å². The summed E-state index contributed by atoms with van der Waals surface area (Å²) in [6, 6.07) is -0.640. The molecule has 0 saturated carbocycles. The maximum Gasteiger partial charge on any atom is 0.323 e. The highest BCUT2D eigenvalue weighted by Crippen LogP contribution is 2.00. The molecule has 1 aromatic rings. The van der Waals surface area contributed by atoms with Crippen LogP contribution in [0.5, 0.6) is 0 Å². The van der Waals surface area contributed by atoms with Gasteiger partial charge >= 0.3 is 5.97 Å². The third-order valence-corrected chi connectivity index (χ3v) is 1.89. The fourth-order valence-corrected chi connectivity index (χ4v) is 1.20. The third kappa shape index (κ3) is 2.24. The van der Waals surface area contributed by atoms with Crippen LogP contribution < -0.4 is 5.73 Å². The Labute approximate surface area is 73.7 Å². The monoisotopic (exact) mass is 187 g/mol. The lowest BCUT2D eigenvalue weighted by Gasteiger charge is -2.05. The smallest absolute Gasteiger partial charge is 0.323 e. The summed E-state index contributed by atoms with van der Waals surface area (Å²) in [5, 5.41) is 5.51. The minimum Gasteiger partial charge on any atom is -0.468 e. The van der Waals surface area contributed by atoms with Gasteiger partial charge in [0.1, 0.15) is 6.04 Å². The molecule has 1 aromatic heterocycles. The number of rotatable bonds is 3. The standard InChI is InChI=1S/C6H9N3O2S/c1-11-6(10)5(7)2-4-3-12-9-8-4/h3,5H,2,7H2,1H3. The molecule has 1 unspecified atom stereocenters. The van der Waals surface area contributed by atoms with E-state index in [0.29, 0.717) is 6.42 Å². The molecular weight excluding hydrogens is 178 g/mol. The van der Waals surface area contributed by atoms with Crippen LogP contribution in [0.25, 0.3) is 0 Å². The van der Waals surface area contributed by atoms with Crippen LogP contribution in [0.15, 0.2) is 5.38 Å². The Bertz CT molecular complexity index is 249. The fraction of sp³-hybridized carbons (Fsp3) is 0.500. The molecule has 0 aliphatic heterocycles. The maximum atomic E-state index is 10.8. The van der Waals surface area contributed by atoms with Gasteiger partial charge in [-0.05, 0) is 11.5 Å². The van der Waals surface area contributed by atoms with Gasteiger partial charge in [-0.15, -0.1) is 5.10 Å². The van der Waals surface area contributed by atoms with Crippen LogP contribution in [0, 0.1) is 0 Å². The second-order valence-electron chi connectivity index (χ2n) is 2.23. The van der Waals surface area contributed by atoms with E-state index in [1.54, 1.807) is 5.38 Å². The number of hydrogen-bond donors (Lipinski definition) is 1. The third-order valence-electron chi connectivity index (χ3n) is 1.34. The highest BCUT2D eigenvalue weighted by Gasteiger charge is 2.15. The molecule has 2 N–H and O–H groups in total. The number of nitrogens with zero attached hydrogens (tertiary/aromatic N) is 2. The summed E-state index contributed by atoms with van der Waals surface area (Å²) in [5.41, 5.74) is 6.20. The van der Waals surface area contributed by atoms with Gasteiger partial charge in [0, 0.05) is 11.8 Å². The minimum atomic E-state index is -0.640. The molecule has 0 amide bonds. The van der Waals surface area contributed by atoms with Crippen LogP contribution in [0.2, 0.25) is 0 Å². The molecule has 1 atom stereocenters. The van der Waals surface area contributed by atoms with E-state index in [2.05, 4.69) is 14.3 Å². The Morgan fingerprint density at radius 1 is 1.92 bits per heavy atom. The highest BCUT2D eigenvalue weighted by atomic mass is 32.1. The first-order chi connectivity index (χ1) is 5.74. The first-order valence-corrected chi connectivity index (χ1v) is 4.17. The average Bonchev–Trinajstić information content (AvgIpc) is 2.55. The molecular formula is C6H9N3O2S. The molecule has 0 bridgehead atoms. The van der Waals surface area contributed by atoms with E-state index in [1.165, 1.54) is 18.6 Å². The van der Waals surface area contributed by atoms with Crippen LogP contribution in [-0.4, -0.2) is 28.7 Å². The summed E-state index contributed by atoms with van der Waals surface area (Å²) < 4.78 is 8.10. The van der Waals surface area contributed by atoms with Crippen molar-refractivity contribution in [1.82, 2.24) is 9.59 Å². The molecule has 1 heterocycles. The lowest BCUT2D eigenvalue weighted by molar-refractivity contribution is -0.142. The van der Waals surface area contributed by atoms with Crippen molar-refractivity contribution in [2.24, 2.45) is 5.73 Å². The lowest BCUT2D eigenvalue weighted by atomic mass is 10.2. The molecule has 0 radical (unpaired) electrons. The van der Waals surface area contributed by atoms with Gasteiger partial charge in [0.05, 0.1) is 12.8 Å². The summed E-state index contributed by atoms with van der Waals surface area (Å²) in [6.07, 6.45) is 0.378. The number of carbonyl (C=O) groups is 1. The van der Waals surface area contributed by atoms with Gasteiger partial charge in [0.2, 0.25) is 0 Å². The number of carbonyl (C=O) groups excluding carboxylic acids is 1. The first-order valence-electron chi connectivity index (χ1n) is 3.33. The van der Waals surface area contributed by atoms with Gasteiger partial charge < -0.3 is 10.5 Å². The van der Waals surface area contributed by atoms with E-state index in [-0.39, 0.29) is 0 Å². The van der Waals surface area contributed by atoms with E-state index < -0.39 is 12.0 Å². The van der Waals surface area contributed by atoms with Gasteiger partial charge in [-0.1, -0.05) is 4.49 Å². The fourth-order valence-electron chi connectivity index (χ4n) is 0.733. The van der Waals surface area contributed by atoms with Crippen LogP contribution in [0.1, 0.15) is 5.69 Å². The lowest BCUT2D eigenvalue weighted by Crippen LogP contribution is -2.33. The second kappa shape index (κ2) is 4.13. The van der Waals surface area contributed by atoms with Crippen molar-refractivity contribution >= 4 is 17.5 Å². The van der Waals surface area contributed by atoms with E-state index in [0.717, 1.165) is 5.69 Å². The topological polar surface area (TPSA) is 78.1 Å². The molecule has 6 heteroatoms. The van der Waals surface area contributed by atoms with Gasteiger partial charge in [-0.3, -0.25) is 4.79 Å². The van der Waals surface area contributed by atoms with Gasteiger partial charge in [-0.2, -0.15) is 0 Å². The highest BCUT2D eigenvalue weighted by molar-refractivity contribution is 7.03. The Morgan fingerprint density at radius 3 is 3.17 bits per heavy atom. The van der Waals surface area contributed by atoms with Crippen molar-refractivity contribution in [3.05, 3.63) is 11.1 Å². The zero-order chi connectivity index (χ0) is 8.97. The number of nitrogens with two attached hydrogens (primary N) is 1. The minimum absolute atomic E-state index is 0.378. The molecule has 5 nitrogen and oxygen atoms in total. The van der Waals surface area contributed by atoms with Crippen molar-refractivity contribution in [2.45, 2.75) is 12.5 Å². The summed E-state index contributed by atoms with van der Waals surface area (Å²) >= 11 is 1.23. The van der Waals surface area contributed by atoms with Gasteiger partial charge in [-0.25, -0.2) is 0 Å². The van der Waals surface area contributed by atoms with Crippen molar-refractivity contribution in [3.63, 3.8) is 0 Å².